The van der Waals surface area contributed by atoms with Gasteiger partial charge in [-0.3, -0.25) is 19.6 Å². The van der Waals surface area contributed by atoms with Gasteiger partial charge in [0.15, 0.2) is 0 Å². The van der Waals surface area contributed by atoms with E-state index in [2.05, 4.69) is 10.4 Å². The minimum atomic E-state index is -0.400. The Hall–Kier alpha value is -1.96. The number of nitro groups is 1. The molecule has 1 aromatic rings. The van der Waals surface area contributed by atoms with E-state index in [9.17, 15) is 10.1 Å². The number of carbonyl (C=O) groups is 1. The second-order valence-corrected chi connectivity index (χ2v) is 4.71. The first-order valence-electron chi connectivity index (χ1n) is 5.57. The summed E-state index contributed by atoms with van der Waals surface area (Å²) in [5.41, 5.74) is 0.563. The minimum absolute atomic E-state index is 0.0858. The molecule has 0 unspecified atom stereocenters. The van der Waals surface area contributed by atoms with Crippen molar-refractivity contribution in [2.75, 3.05) is 13.1 Å². The molecule has 8 nitrogen and oxygen atoms in total. The summed E-state index contributed by atoms with van der Waals surface area (Å²) in [4.78, 5) is 18.4. The molecule has 0 bridgehead atoms. The summed E-state index contributed by atoms with van der Waals surface area (Å²) in [6.45, 7) is 1.93. The molecule has 2 N–H and O–H groups in total. The zero-order chi connectivity index (χ0) is 13.2. The quantitative estimate of drug-likeness (QED) is 0.449. The standard InChI is InChI=1S/C9H12N4O2.CH2O2/c14-13(15)8-3-11-12(4-8)7-1-9(2-7)5-10-6-9;2-1-3/h3-4,7,10H,1-2,5-6H2;1H,(H,2,3). The van der Waals surface area contributed by atoms with Crippen molar-refractivity contribution in [2.24, 2.45) is 5.41 Å². The van der Waals surface area contributed by atoms with Crippen LogP contribution in [0, 0.1) is 15.5 Å². The van der Waals surface area contributed by atoms with E-state index in [4.69, 9.17) is 9.90 Å². The van der Waals surface area contributed by atoms with Crippen LogP contribution >= 0.6 is 0 Å². The van der Waals surface area contributed by atoms with Crippen molar-refractivity contribution in [1.82, 2.24) is 15.1 Å². The molecule has 3 rings (SSSR count). The number of rotatable bonds is 2. The van der Waals surface area contributed by atoms with E-state index in [1.54, 1.807) is 4.68 Å². The molecule has 0 radical (unpaired) electrons. The molecular weight excluding hydrogens is 240 g/mol. The third kappa shape index (κ3) is 2.19. The molecule has 1 aromatic heterocycles. The van der Waals surface area contributed by atoms with E-state index in [0.29, 0.717) is 11.5 Å². The lowest BCUT2D eigenvalue weighted by Crippen LogP contribution is -2.60. The van der Waals surface area contributed by atoms with Gasteiger partial charge in [0.25, 0.3) is 6.47 Å². The van der Waals surface area contributed by atoms with Gasteiger partial charge in [0.1, 0.15) is 12.4 Å². The van der Waals surface area contributed by atoms with Crippen LogP contribution in [0.2, 0.25) is 0 Å². The molecule has 0 aromatic carbocycles. The van der Waals surface area contributed by atoms with Gasteiger partial charge in [0.2, 0.25) is 0 Å². The average Bonchev–Trinajstić information content (AvgIpc) is 2.63. The van der Waals surface area contributed by atoms with Crippen molar-refractivity contribution in [3.05, 3.63) is 22.5 Å². The van der Waals surface area contributed by atoms with Crippen molar-refractivity contribution in [3.8, 4) is 0 Å². The Morgan fingerprint density at radius 2 is 2.22 bits per heavy atom. The predicted molar refractivity (Wildman–Crippen MR) is 61.1 cm³/mol. The van der Waals surface area contributed by atoms with E-state index in [1.165, 1.54) is 12.4 Å². The number of nitrogens with one attached hydrogen (secondary N) is 1. The molecular formula is C10H14N4O4. The summed E-state index contributed by atoms with van der Waals surface area (Å²) in [5.74, 6) is 0. The van der Waals surface area contributed by atoms with Crippen molar-refractivity contribution in [3.63, 3.8) is 0 Å². The molecule has 2 aliphatic rings. The van der Waals surface area contributed by atoms with E-state index < -0.39 is 4.92 Å². The molecule has 1 aliphatic carbocycles. The minimum Gasteiger partial charge on any atom is -0.483 e. The van der Waals surface area contributed by atoms with Crippen molar-refractivity contribution < 1.29 is 14.8 Å². The molecule has 98 valence electrons. The maximum atomic E-state index is 10.5. The molecule has 2 fully saturated rings. The molecule has 1 spiro atoms. The van der Waals surface area contributed by atoms with Crippen LogP contribution in [0.15, 0.2) is 12.4 Å². The fraction of sp³-hybridized carbons (Fsp3) is 0.600. The third-order valence-electron chi connectivity index (χ3n) is 3.51. The van der Waals surface area contributed by atoms with Crippen LogP contribution in [-0.2, 0) is 4.79 Å². The smallest absolute Gasteiger partial charge is 0.307 e. The Morgan fingerprint density at radius 1 is 1.61 bits per heavy atom. The van der Waals surface area contributed by atoms with Crippen molar-refractivity contribution >= 4 is 12.2 Å². The van der Waals surface area contributed by atoms with Crippen LogP contribution in [0.1, 0.15) is 18.9 Å². The van der Waals surface area contributed by atoms with Gasteiger partial charge in [0.05, 0.1) is 11.0 Å². The van der Waals surface area contributed by atoms with Crippen molar-refractivity contribution in [2.45, 2.75) is 18.9 Å². The normalized spacial score (nSPS) is 20.2. The van der Waals surface area contributed by atoms with Gasteiger partial charge in [-0.15, -0.1) is 0 Å². The number of nitrogens with zero attached hydrogens (tertiary/aromatic N) is 3. The first-order valence-corrected chi connectivity index (χ1v) is 5.57. The van der Waals surface area contributed by atoms with Crippen LogP contribution in [0.3, 0.4) is 0 Å². The lowest BCUT2D eigenvalue weighted by molar-refractivity contribution is -0.385. The second kappa shape index (κ2) is 4.73. The van der Waals surface area contributed by atoms with Crippen LogP contribution in [0.4, 0.5) is 5.69 Å². The van der Waals surface area contributed by atoms with Crippen LogP contribution in [-0.4, -0.2) is 39.4 Å². The highest BCUT2D eigenvalue weighted by molar-refractivity contribution is 5.32. The van der Waals surface area contributed by atoms with Crippen LogP contribution in [0.25, 0.3) is 0 Å². The van der Waals surface area contributed by atoms with Gasteiger partial charge in [-0.25, -0.2) is 0 Å². The number of aromatic nitrogens is 2. The second-order valence-electron chi connectivity index (χ2n) is 4.71. The van der Waals surface area contributed by atoms with E-state index in [1.807, 2.05) is 0 Å². The highest BCUT2D eigenvalue weighted by atomic mass is 16.6. The summed E-state index contributed by atoms with van der Waals surface area (Å²) in [7, 11) is 0. The molecule has 1 saturated carbocycles. The van der Waals surface area contributed by atoms with Gasteiger partial charge in [-0.05, 0) is 18.3 Å². The third-order valence-corrected chi connectivity index (χ3v) is 3.51. The summed E-state index contributed by atoms with van der Waals surface area (Å²) < 4.78 is 1.74. The Kier molecular flexibility index (Phi) is 3.28. The largest absolute Gasteiger partial charge is 0.483 e. The highest BCUT2D eigenvalue weighted by Crippen LogP contribution is 2.50. The van der Waals surface area contributed by atoms with E-state index >= 15 is 0 Å². The molecule has 0 amide bonds. The lowest BCUT2D eigenvalue weighted by Gasteiger charge is -2.54. The number of hydrogen-bond acceptors (Lipinski definition) is 5. The SMILES string of the molecule is O=CO.O=[N+]([O-])c1cnn(C2CC3(CNC3)C2)c1. The molecule has 0 atom stereocenters. The zero-order valence-electron chi connectivity index (χ0n) is 9.65. The van der Waals surface area contributed by atoms with Gasteiger partial charge in [-0.1, -0.05) is 0 Å². The molecule has 1 aliphatic heterocycles. The maximum Gasteiger partial charge on any atom is 0.307 e. The first kappa shape index (κ1) is 12.5. The summed E-state index contributed by atoms with van der Waals surface area (Å²) in [6, 6.07) is 0.362. The van der Waals surface area contributed by atoms with Gasteiger partial charge >= 0.3 is 5.69 Å². The summed E-state index contributed by atoms with van der Waals surface area (Å²) >= 11 is 0. The van der Waals surface area contributed by atoms with Crippen LogP contribution in [0.5, 0.6) is 0 Å². The maximum absolute atomic E-state index is 10.5. The lowest BCUT2D eigenvalue weighted by atomic mass is 9.62. The molecule has 2 heterocycles. The molecule has 18 heavy (non-hydrogen) atoms. The summed E-state index contributed by atoms with van der Waals surface area (Å²) in [5, 5.41) is 24.7. The fourth-order valence-corrected chi connectivity index (χ4v) is 2.52. The average molecular weight is 254 g/mol. The van der Waals surface area contributed by atoms with E-state index in [0.717, 1.165) is 25.9 Å². The number of carboxylic acid groups (broad SMARTS) is 1. The van der Waals surface area contributed by atoms with Gasteiger partial charge in [0, 0.05) is 13.1 Å². The Labute approximate surface area is 103 Å². The topological polar surface area (TPSA) is 110 Å². The summed E-state index contributed by atoms with van der Waals surface area (Å²) in [6.07, 6.45) is 5.05. The Bertz CT molecular complexity index is 446. The number of hydrogen-bond donors (Lipinski definition) is 2. The Morgan fingerprint density at radius 3 is 2.61 bits per heavy atom. The molecule has 8 heteroatoms. The Balaban J connectivity index is 0.000000367. The predicted octanol–water partition coefficient (Wildman–Crippen LogP) is 0.417. The van der Waals surface area contributed by atoms with Crippen LogP contribution < -0.4 is 5.32 Å². The zero-order valence-corrected chi connectivity index (χ0v) is 9.65. The van der Waals surface area contributed by atoms with E-state index in [-0.39, 0.29) is 12.2 Å². The van der Waals surface area contributed by atoms with Gasteiger partial charge < -0.3 is 10.4 Å². The van der Waals surface area contributed by atoms with Crippen molar-refractivity contribution in [1.29, 1.82) is 0 Å². The highest BCUT2D eigenvalue weighted by Gasteiger charge is 2.49. The first-order chi connectivity index (χ1) is 8.60. The fourth-order valence-electron chi connectivity index (χ4n) is 2.52. The molecule has 1 saturated heterocycles. The van der Waals surface area contributed by atoms with Gasteiger partial charge in [-0.2, -0.15) is 5.10 Å². The monoisotopic (exact) mass is 254 g/mol.